The molecule has 0 amide bonds. The molecule has 3 aromatic rings. The van der Waals surface area contributed by atoms with Crippen molar-refractivity contribution in [3.05, 3.63) is 45.9 Å². The SMILES string of the molecule is Cc1ccc(C(C)n2c(N)nc3ccc(F)cc32)s1. The Hall–Kier alpha value is -1.88. The summed E-state index contributed by atoms with van der Waals surface area (Å²) in [5.74, 6) is 0.141. The highest BCUT2D eigenvalue weighted by Crippen LogP contribution is 2.31. The predicted octanol–water partition coefficient (Wildman–Crippen LogP) is 3.74. The fourth-order valence-electron chi connectivity index (χ4n) is 2.30. The molecule has 2 aromatic heterocycles. The molecule has 0 bridgehead atoms. The van der Waals surface area contributed by atoms with Crippen molar-refractivity contribution >= 4 is 28.3 Å². The van der Waals surface area contributed by atoms with Crippen molar-refractivity contribution in [2.24, 2.45) is 0 Å². The van der Waals surface area contributed by atoms with Crippen LogP contribution in [0.5, 0.6) is 0 Å². The van der Waals surface area contributed by atoms with Crippen molar-refractivity contribution in [2.75, 3.05) is 5.73 Å². The highest BCUT2D eigenvalue weighted by atomic mass is 32.1. The molecular formula is C14H14FN3S. The smallest absolute Gasteiger partial charge is 0.201 e. The van der Waals surface area contributed by atoms with Gasteiger partial charge in [-0.15, -0.1) is 11.3 Å². The molecule has 1 atom stereocenters. The van der Waals surface area contributed by atoms with Crippen LogP contribution in [0, 0.1) is 12.7 Å². The average molecular weight is 275 g/mol. The summed E-state index contributed by atoms with van der Waals surface area (Å²) in [7, 11) is 0. The fourth-order valence-corrected chi connectivity index (χ4v) is 3.22. The standard InChI is InChI=1S/C14H14FN3S/c1-8-3-6-13(19-8)9(2)18-12-7-10(15)4-5-11(12)17-14(18)16/h3-7,9H,1-2H3,(H2,16,17). The van der Waals surface area contributed by atoms with Gasteiger partial charge in [0.2, 0.25) is 5.95 Å². The quantitative estimate of drug-likeness (QED) is 0.774. The number of nitrogens with zero attached hydrogens (tertiary/aromatic N) is 2. The molecule has 3 nitrogen and oxygen atoms in total. The highest BCUT2D eigenvalue weighted by Gasteiger charge is 2.17. The van der Waals surface area contributed by atoms with E-state index in [-0.39, 0.29) is 11.9 Å². The number of hydrogen-bond donors (Lipinski definition) is 1. The van der Waals surface area contributed by atoms with Crippen LogP contribution in [0.3, 0.4) is 0 Å². The molecule has 98 valence electrons. The Kier molecular flexibility index (Phi) is 2.78. The molecule has 0 aliphatic carbocycles. The van der Waals surface area contributed by atoms with Gasteiger partial charge < -0.3 is 10.3 Å². The van der Waals surface area contributed by atoms with E-state index in [4.69, 9.17) is 5.73 Å². The van der Waals surface area contributed by atoms with E-state index in [0.29, 0.717) is 5.95 Å². The topological polar surface area (TPSA) is 43.8 Å². The van der Waals surface area contributed by atoms with Crippen LogP contribution < -0.4 is 5.73 Å². The lowest BCUT2D eigenvalue weighted by Crippen LogP contribution is -2.08. The monoisotopic (exact) mass is 275 g/mol. The Balaban J connectivity index is 2.18. The summed E-state index contributed by atoms with van der Waals surface area (Å²) >= 11 is 1.72. The maximum atomic E-state index is 13.4. The fraction of sp³-hybridized carbons (Fsp3) is 0.214. The van der Waals surface area contributed by atoms with Crippen LogP contribution in [0.1, 0.15) is 22.7 Å². The highest BCUT2D eigenvalue weighted by molar-refractivity contribution is 7.12. The zero-order valence-corrected chi connectivity index (χ0v) is 11.5. The van der Waals surface area contributed by atoms with Crippen molar-refractivity contribution in [3.8, 4) is 0 Å². The van der Waals surface area contributed by atoms with Crippen LogP contribution in [0.25, 0.3) is 11.0 Å². The Morgan fingerprint density at radius 3 is 2.79 bits per heavy atom. The van der Waals surface area contributed by atoms with Gasteiger partial charge >= 0.3 is 0 Å². The third-order valence-electron chi connectivity index (χ3n) is 3.24. The van der Waals surface area contributed by atoms with Crippen molar-refractivity contribution in [1.82, 2.24) is 9.55 Å². The minimum Gasteiger partial charge on any atom is -0.369 e. The molecule has 19 heavy (non-hydrogen) atoms. The lowest BCUT2D eigenvalue weighted by atomic mass is 10.2. The number of halogens is 1. The number of aromatic nitrogens is 2. The minimum atomic E-state index is -0.275. The number of anilines is 1. The first kappa shape index (κ1) is 12.2. The van der Waals surface area contributed by atoms with Crippen molar-refractivity contribution in [1.29, 1.82) is 0 Å². The minimum absolute atomic E-state index is 0.0468. The summed E-state index contributed by atoms with van der Waals surface area (Å²) < 4.78 is 15.3. The van der Waals surface area contributed by atoms with Gasteiger partial charge in [-0.05, 0) is 44.2 Å². The molecule has 5 heteroatoms. The summed E-state index contributed by atoms with van der Waals surface area (Å²) in [6, 6.07) is 8.74. The lowest BCUT2D eigenvalue weighted by molar-refractivity contribution is 0.626. The Bertz CT molecular complexity index is 744. The predicted molar refractivity (Wildman–Crippen MR) is 77.0 cm³/mol. The van der Waals surface area contributed by atoms with Gasteiger partial charge in [-0.2, -0.15) is 0 Å². The largest absolute Gasteiger partial charge is 0.369 e. The summed E-state index contributed by atoms with van der Waals surface area (Å²) in [5.41, 5.74) is 7.44. The summed E-state index contributed by atoms with van der Waals surface area (Å²) in [5, 5.41) is 0. The van der Waals surface area contributed by atoms with Gasteiger partial charge in [0.25, 0.3) is 0 Å². The van der Waals surface area contributed by atoms with Gasteiger partial charge in [-0.25, -0.2) is 9.37 Å². The Morgan fingerprint density at radius 2 is 2.11 bits per heavy atom. The molecule has 1 aromatic carbocycles. The number of imidazole rings is 1. The van der Waals surface area contributed by atoms with E-state index in [1.54, 1.807) is 17.4 Å². The van der Waals surface area contributed by atoms with Crippen molar-refractivity contribution in [3.63, 3.8) is 0 Å². The molecular weight excluding hydrogens is 261 g/mol. The molecule has 0 fully saturated rings. The van der Waals surface area contributed by atoms with E-state index < -0.39 is 0 Å². The van der Waals surface area contributed by atoms with Gasteiger partial charge in [0, 0.05) is 9.75 Å². The van der Waals surface area contributed by atoms with Gasteiger partial charge in [0.05, 0.1) is 17.1 Å². The summed E-state index contributed by atoms with van der Waals surface area (Å²) in [6.07, 6.45) is 0. The molecule has 0 radical (unpaired) electrons. The van der Waals surface area contributed by atoms with Crippen LogP contribution in [0.4, 0.5) is 10.3 Å². The second kappa shape index (κ2) is 4.35. The number of aryl methyl sites for hydroxylation is 1. The second-order valence-electron chi connectivity index (χ2n) is 4.60. The molecule has 0 saturated heterocycles. The second-order valence-corrected chi connectivity index (χ2v) is 5.92. The van der Waals surface area contributed by atoms with E-state index in [2.05, 4.69) is 24.0 Å². The number of thiophene rings is 1. The molecule has 2 N–H and O–H groups in total. The number of nitrogen functional groups attached to an aromatic ring is 1. The number of hydrogen-bond acceptors (Lipinski definition) is 3. The normalized spacial score (nSPS) is 13.0. The Labute approximate surface area is 114 Å². The summed E-state index contributed by atoms with van der Waals surface area (Å²) in [4.78, 5) is 6.72. The van der Waals surface area contributed by atoms with Crippen LogP contribution in [-0.2, 0) is 0 Å². The number of benzene rings is 1. The molecule has 0 saturated carbocycles. The molecule has 2 heterocycles. The maximum Gasteiger partial charge on any atom is 0.201 e. The third kappa shape index (κ3) is 2.00. The van der Waals surface area contributed by atoms with E-state index in [1.165, 1.54) is 21.9 Å². The number of fused-ring (bicyclic) bond motifs is 1. The molecule has 1 unspecified atom stereocenters. The van der Waals surface area contributed by atoms with Gasteiger partial charge in [0.15, 0.2) is 0 Å². The van der Waals surface area contributed by atoms with Crippen LogP contribution in [-0.4, -0.2) is 9.55 Å². The first-order chi connectivity index (χ1) is 9.06. The Morgan fingerprint density at radius 1 is 1.32 bits per heavy atom. The average Bonchev–Trinajstić information content (AvgIpc) is 2.91. The molecule has 0 spiro atoms. The van der Waals surface area contributed by atoms with Crippen molar-refractivity contribution in [2.45, 2.75) is 19.9 Å². The van der Waals surface area contributed by atoms with Gasteiger partial charge in [0.1, 0.15) is 5.82 Å². The van der Waals surface area contributed by atoms with Crippen LogP contribution >= 0.6 is 11.3 Å². The zero-order chi connectivity index (χ0) is 13.6. The zero-order valence-electron chi connectivity index (χ0n) is 10.7. The van der Waals surface area contributed by atoms with Crippen LogP contribution in [0.15, 0.2) is 30.3 Å². The van der Waals surface area contributed by atoms with Gasteiger partial charge in [-0.1, -0.05) is 0 Å². The molecule has 3 rings (SSSR count). The van der Waals surface area contributed by atoms with Gasteiger partial charge in [-0.3, -0.25) is 0 Å². The van der Waals surface area contributed by atoms with E-state index in [1.807, 2.05) is 11.5 Å². The van der Waals surface area contributed by atoms with Crippen LogP contribution in [0.2, 0.25) is 0 Å². The first-order valence-corrected chi connectivity index (χ1v) is 6.87. The van der Waals surface area contributed by atoms with Crippen molar-refractivity contribution < 1.29 is 4.39 Å². The molecule has 0 aliphatic heterocycles. The number of nitrogens with two attached hydrogens (primary N) is 1. The molecule has 0 aliphatic rings. The van der Waals surface area contributed by atoms with E-state index in [0.717, 1.165) is 11.0 Å². The van der Waals surface area contributed by atoms with E-state index >= 15 is 0 Å². The number of rotatable bonds is 2. The van der Waals surface area contributed by atoms with E-state index in [9.17, 15) is 4.39 Å². The first-order valence-electron chi connectivity index (χ1n) is 6.05. The summed E-state index contributed by atoms with van der Waals surface area (Å²) in [6.45, 7) is 4.11. The third-order valence-corrected chi connectivity index (χ3v) is 4.41. The lowest BCUT2D eigenvalue weighted by Gasteiger charge is -2.14. The maximum absolute atomic E-state index is 13.4.